The minimum absolute atomic E-state index is 0.750. The molecule has 13 heavy (non-hydrogen) atoms. The SMILES string of the molecule is CNc1nc(C)nc2c1cnn2C. The number of nitrogens with zero attached hydrogens (tertiary/aromatic N) is 4. The summed E-state index contributed by atoms with van der Waals surface area (Å²) in [6, 6.07) is 0. The van der Waals surface area contributed by atoms with Crippen LogP contribution in [0.2, 0.25) is 0 Å². The Morgan fingerprint density at radius 3 is 2.85 bits per heavy atom. The summed E-state index contributed by atoms with van der Waals surface area (Å²) in [5, 5.41) is 8.09. The van der Waals surface area contributed by atoms with Gasteiger partial charge in [0.1, 0.15) is 11.6 Å². The smallest absolute Gasteiger partial charge is 0.163 e. The van der Waals surface area contributed by atoms with E-state index in [2.05, 4.69) is 20.4 Å². The number of aryl methyl sites for hydroxylation is 2. The third-order valence-electron chi connectivity index (χ3n) is 1.94. The first-order valence-corrected chi connectivity index (χ1v) is 4.06. The summed E-state index contributed by atoms with van der Waals surface area (Å²) in [4.78, 5) is 8.55. The lowest BCUT2D eigenvalue weighted by Gasteiger charge is -2.01. The molecular weight excluding hydrogens is 166 g/mol. The fourth-order valence-electron chi connectivity index (χ4n) is 1.32. The van der Waals surface area contributed by atoms with Crippen LogP contribution in [-0.2, 0) is 7.05 Å². The lowest BCUT2D eigenvalue weighted by molar-refractivity contribution is 0.783. The van der Waals surface area contributed by atoms with Crippen molar-refractivity contribution in [3.05, 3.63) is 12.0 Å². The van der Waals surface area contributed by atoms with Crippen LogP contribution in [0.1, 0.15) is 5.82 Å². The van der Waals surface area contributed by atoms with Crippen molar-refractivity contribution in [2.45, 2.75) is 6.92 Å². The number of fused-ring (bicyclic) bond motifs is 1. The molecule has 0 amide bonds. The van der Waals surface area contributed by atoms with E-state index in [4.69, 9.17) is 0 Å². The van der Waals surface area contributed by atoms with E-state index in [1.54, 1.807) is 10.9 Å². The van der Waals surface area contributed by atoms with Crippen LogP contribution in [0.3, 0.4) is 0 Å². The molecule has 2 heterocycles. The predicted molar refractivity (Wildman–Crippen MR) is 50.6 cm³/mol. The zero-order valence-corrected chi connectivity index (χ0v) is 7.87. The van der Waals surface area contributed by atoms with Crippen molar-refractivity contribution >= 4 is 16.9 Å². The van der Waals surface area contributed by atoms with Crippen LogP contribution in [0.15, 0.2) is 6.20 Å². The highest BCUT2D eigenvalue weighted by Crippen LogP contribution is 2.18. The van der Waals surface area contributed by atoms with Gasteiger partial charge < -0.3 is 5.32 Å². The quantitative estimate of drug-likeness (QED) is 0.697. The van der Waals surface area contributed by atoms with E-state index in [1.807, 2.05) is 21.0 Å². The maximum absolute atomic E-state index is 4.29. The van der Waals surface area contributed by atoms with Gasteiger partial charge in [0, 0.05) is 14.1 Å². The predicted octanol–water partition coefficient (Wildman–Crippen LogP) is 0.713. The average Bonchev–Trinajstić information content (AvgIpc) is 2.47. The molecule has 0 aliphatic carbocycles. The Balaban J connectivity index is 2.84. The Hall–Kier alpha value is -1.65. The third kappa shape index (κ3) is 1.12. The minimum Gasteiger partial charge on any atom is -0.372 e. The highest BCUT2D eigenvalue weighted by molar-refractivity contribution is 5.86. The Bertz CT molecular complexity index is 445. The summed E-state index contributed by atoms with van der Waals surface area (Å²) < 4.78 is 1.74. The molecule has 0 aliphatic rings. The van der Waals surface area contributed by atoms with Gasteiger partial charge in [-0.15, -0.1) is 0 Å². The fourth-order valence-corrected chi connectivity index (χ4v) is 1.32. The van der Waals surface area contributed by atoms with E-state index in [9.17, 15) is 0 Å². The lowest BCUT2D eigenvalue weighted by Crippen LogP contribution is -1.99. The van der Waals surface area contributed by atoms with Crippen molar-refractivity contribution < 1.29 is 0 Å². The zero-order valence-electron chi connectivity index (χ0n) is 7.87. The van der Waals surface area contributed by atoms with E-state index in [0.29, 0.717) is 0 Å². The van der Waals surface area contributed by atoms with Crippen LogP contribution < -0.4 is 5.32 Å². The van der Waals surface area contributed by atoms with E-state index in [1.165, 1.54) is 0 Å². The molecule has 0 radical (unpaired) electrons. The Morgan fingerprint density at radius 2 is 2.15 bits per heavy atom. The van der Waals surface area contributed by atoms with Gasteiger partial charge >= 0.3 is 0 Å². The molecule has 0 saturated carbocycles. The number of hydrogen-bond donors (Lipinski definition) is 1. The largest absolute Gasteiger partial charge is 0.372 e. The van der Waals surface area contributed by atoms with Gasteiger partial charge in [-0.2, -0.15) is 5.10 Å². The fraction of sp³-hybridized carbons (Fsp3) is 0.375. The summed E-state index contributed by atoms with van der Waals surface area (Å²) >= 11 is 0. The van der Waals surface area contributed by atoms with E-state index >= 15 is 0 Å². The van der Waals surface area contributed by atoms with Crippen LogP contribution in [0.5, 0.6) is 0 Å². The topological polar surface area (TPSA) is 55.6 Å². The van der Waals surface area contributed by atoms with Gasteiger partial charge in [0.05, 0.1) is 11.6 Å². The molecular formula is C8H11N5. The molecule has 2 aromatic heterocycles. The molecule has 0 spiro atoms. The molecule has 2 rings (SSSR count). The zero-order chi connectivity index (χ0) is 9.42. The number of rotatable bonds is 1. The van der Waals surface area contributed by atoms with Crippen molar-refractivity contribution in [2.75, 3.05) is 12.4 Å². The van der Waals surface area contributed by atoms with Crippen molar-refractivity contribution in [1.82, 2.24) is 19.7 Å². The van der Waals surface area contributed by atoms with E-state index in [0.717, 1.165) is 22.7 Å². The average molecular weight is 177 g/mol. The van der Waals surface area contributed by atoms with Crippen LogP contribution >= 0.6 is 0 Å². The Kier molecular flexibility index (Phi) is 1.65. The summed E-state index contributed by atoms with van der Waals surface area (Å²) in [6.07, 6.45) is 1.76. The minimum atomic E-state index is 0.750. The molecule has 0 fully saturated rings. The normalized spacial score (nSPS) is 10.7. The molecule has 0 aliphatic heterocycles. The molecule has 0 atom stereocenters. The first-order valence-electron chi connectivity index (χ1n) is 4.06. The van der Waals surface area contributed by atoms with Gasteiger partial charge in [0.25, 0.3) is 0 Å². The first kappa shape index (κ1) is 7.97. The van der Waals surface area contributed by atoms with Gasteiger partial charge in [-0.25, -0.2) is 9.97 Å². The van der Waals surface area contributed by atoms with Crippen molar-refractivity contribution in [1.29, 1.82) is 0 Å². The summed E-state index contributed by atoms with van der Waals surface area (Å²) in [6.45, 7) is 1.87. The molecule has 0 bridgehead atoms. The Morgan fingerprint density at radius 1 is 1.38 bits per heavy atom. The third-order valence-corrected chi connectivity index (χ3v) is 1.94. The highest BCUT2D eigenvalue weighted by atomic mass is 15.3. The molecule has 68 valence electrons. The van der Waals surface area contributed by atoms with Crippen LogP contribution in [0.4, 0.5) is 5.82 Å². The molecule has 5 heteroatoms. The number of aromatic nitrogens is 4. The van der Waals surface area contributed by atoms with Gasteiger partial charge in [-0.1, -0.05) is 0 Å². The van der Waals surface area contributed by atoms with Crippen molar-refractivity contribution in [3.63, 3.8) is 0 Å². The molecule has 5 nitrogen and oxygen atoms in total. The number of anilines is 1. The maximum atomic E-state index is 4.29. The van der Waals surface area contributed by atoms with Gasteiger partial charge in [0.15, 0.2) is 5.65 Å². The second-order valence-electron chi connectivity index (χ2n) is 2.87. The van der Waals surface area contributed by atoms with Crippen molar-refractivity contribution in [3.8, 4) is 0 Å². The summed E-state index contributed by atoms with van der Waals surface area (Å²) in [7, 11) is 3.71. The van der Waals surface area contributed by atoms with Crippen LogP contribution in [0, 0.1) is 6.92 Å². The second-order valence-corrected chi connectivity index (χ2v) is 2.87. The Labute approximate surface area is 75.8 Å². The molecule has 1 N–H and O–H groups in total. The van der Waals surface area contributed by atoms with Gasteiger partial charge in [-0.3, -0.25) is 4.68 Å². The molecule has 2 aromatic rings. The summed E-state index contributed by atoms with van der Waals surface area (Å²) in [5.41, 5.74) is 0.858. The van der Waals surface area contributed by atoms with Gasteiger partial charge in [-0.05, 0) is 6.92 Å². The molecule has 0 unspecified atom stereocenters. The van der Waals surface area contributed by atoms with Gasteiger partial charge in [0.2, 0.25) is 0 Å². The first-order chi connectivity index (χ1) is 6.22. The molecule has 0 aromatic carbocycles. The second kappa shape index (κ2) is 2.69. The van der Waals surface area contributed by atoms with Crippen molar-refractivity contribution in [2.24, 2.45) is 7.05 Å². The van der Waals surface area contributed by atoms with Crippen LogP contribution in [0.25, 0.3) is 11.0 Å². The molecule has 0 saturated heterocycles. The van der Waals surface area contributed by atoms with E-state index in [-0.39, 0.29) is 0 Å². The highest BCUT2D eigenvalue weighted by Gasteiger charge is 2.07. The van der Waals surface area contributed by atoms with Crippen LogP contribution in [-0.4, -0.2) is 26.8 Å². The number of nitrogens with one attached hydrogen (secondary N) is 1. The monoisotopic (exact) mass is 177 g/mol. The lowest BCUT2D eigenvalue weighted by atomic mass is 10.4. The van der Waals surface area contributed by atoms with E-state index < -0.39 is 0 Å². The standard InChI is InChI=1S/C8H11N5/c1-5-11-7(9-2)6-4-10-13(3)8(6)12-5/h4H,1-3H3,(H,9,11,12). The number of hydrogen-bond acceptors (Lipinski definition) is 4. The maximum Gasteiger partial charge on any atom is 0.163 e. The summed E-state index contributed by atoms with van der Waals surface area (Å²) in [5.74, 6) is 1.58.